The normalized spacial score (nSPS) is 14.2. The molecule has 0 unspecified atom stereocenters. The fourth-order valence-corrected chi connectivity index (χ4v) is 5.02. The minimum atomic E-state index is 0.783. The molecular formula is C32H32N4. The van der Waals surface area contributed by atoms with Crippen molar-refractivity contribution in [2.75, 3.05) is 18.0 Å². The summed E-state index contributed by atoms with van der Waals surface area (Å²) in [6.45, 7) is 13.9. The molecule has 0 bridgehead atoms. The van der Waals surface area contributed by atoms with E-state index in [0.29, 0.717) is 0 Å². The van der Waals surface area contributed by atoms with Crippen LogP contribution in [0, 0.1) is 0 Å². The van der Waals surface area contributed by atoms with Crippen molar-refractivity contribution < 1.29 is 0 Å². The summed E-state index contributed by atoms with van der Waals surface area (Å²) >= 11 is 0. The second-order valence-corrected chi connectivity index (χ2v) is 9.09. The van der Waals surface area contributed by atoms with Gasteiger partial charge in [0.1, 0.15) is 0 Å². The fraction of sp³-hybridized carbons (Fsp3) is 0.156. The highest BCUT2D eigenvalue weighted by molar-refractivity contribution is 5.93. The Bertz CT molecular complexity index is 1440. The van der Waals surface area contributed by atoms with Crippen molar-refractivity contribution in [2.24, 2.45) is 0 Å². The number of anilines is 1. The molecule has 4 heteroatoms. The van der Waals surface area contributed by atoms with E-state index in [9.17, 15) is 0 Å². The average molecular weight is 473 g/mol. The molecule has 0 saturated heterocycles. The van der Waals surface area contributed by atoms with E-state index in [-0.39, 0.29) is 0 Å². The van der Waals surface area contributed by atoms with Crippen molar-refractivity contribution >= 4 is 27.7 Å². The third-order valence-electron chi connectivity index (χ3n) is 6.80. The molecule has 36 heavy (non-hydrogen) atoms. The Morgan fingerprint density at radius 3 is 2.75 bits per heavy atom. The Morgan fingerprint density at radius 2 is 1.94 bits per heavy atom. The molecule has 0 aliphatic carbocycles. The summed E-state index contributed by atoms with van der Waals surface area (Å²) < 4.78 is 0. The SMILES string of the molecule is C=C/C=C(\C=C/C)c1ccc2c(c1)CN(C(=C)c1cccc3ccccc13)CCN2Cc1cnc[nH]1. The molecular weight excluding hydrogens is 440 g/mol. The van der Waals surface area contributed by atoms with Gasteiger partial charge in [0.15, 0.2) is 0 Å². The third kappa shape index (κ3) is 4.76. The van der Waals surface area contributed by atoms with Gasteiger partial charge in [0.05, 0.1) is 18.6 Å². The molecule has 1 aliphatic heterocycles. The Morgan fingerprint density at radius 1 is 1.08 bits per heavy atom. The summed E-state index contributed by atoms with van der Waals surface area (Å²) in [5.74, 6) is 0. The number of hydrogen-bond acceptors (Lipinski definition) is 3. The maximum absolute atomic E-state index is 4.59. The molecule has 5 rings (SSSR count). The molecule has 0 fully saturated rings. The van der Waals surface area contributed by atoms with Gasteiger partial charge in [-0.05, 0) is 46.5 Å². The van der Waals surface area contributed by atoms with Crippen LogP contribution in [-0.4, -0.2) is 28.0 Å². The lowest BCUT2D eigenvalue weighted by Crippen LogP contribution is -2.30. The topological polar surface area (TPSA) is 35.2 Å². The Hall–Kier alpha value is -4.31. The number of aromatic nitrogens is 2. The lowest BCUT2D eigenvalue weighted by atomic mass is 9.99. The number of rotatable bonds is 7. The summed E-state index contributed by atoms with van der Waals surface area (Å²) in [6, 6.07) is 21.8. The van der Waals surface area contributed by atoms with Gasteiger partial charge in [-0.2, -0.15) is 0 Å². The number of nitrogens with one attached hydrogen (secondary N) is 1. The van der Waals surface area contributed by atoms with Crippen LogP contribution in [0.4, 0.5) is 5.69 Å². The van der Waals surface area contributed by atoms with Gasteiger partial charge in [-0.1, -0.05) is 86.0 Å². The van der Waals surface area contributed by atoms with Crippen molar-refractivity contribution in [1.29, 1.82) is 0 Å². The number of benzene rings is 3. The highest BCUT2D eigenvalue weighted by Crippen LogP contribution is 2.34. The van der Waals surface area contributed by atoms with E-state index in [1.54, 1.807) is 6.33 Å². The summed E-state index contributed by atoms with van der Waals surface area (Å²) in [5, 5.41) is 2.47. The van der Waals surface area contributed by atoms with Crippen LogP contribution in [0.2, 0.25) is 0 Å². The van der Waals surface area contributed by atoms with Gasteiger partial charge in [-0.25, -0.2) is 4.98 Å². The zero-order valence-corrected chi connectivity index (χ0v) is 20.8. The smallest absolute Gasteiger partial charge is 0.0922 e. The van der Waals surface area contributed by atoms with E-state index in [2.05, 4.69) is 112 Å². The van der Waals surface area contributed by atoms with E-state index in [1.807, 2.05) is 19.2 Å². The van der Waals surface area contributed by atoms with Crippen LogP contribution >= 0.6 is 0 Å². The highest BCUT2D eigenvalue weighted by atomic mass is 15.2. The largest absolute Gasteiger partial charge is 0.365 e. The molecule has 2 heterocycles. The minimum absolute atomic E-state index is 0.783. The van der Waals surface area contributed by atoms with Crippen molar-refractivity contribution in [3.05, 3.63) is 133 Å². The molecule has 3 aromatic carbocycles. The van der Waals surface area contributed by atoms with Gasteiger partial charge in [0, 0.05) is 42.8 Å². The number of imidazole rings is 1. The molecule has 1 aromatic heterocycles. The first-order valence-corrected chi connectivity index (χ1v) is 12.4. The van der Waals surface area contributed by atoms with Gasteiger partial charge < -0.3 is 14.8 Å². The standard InChI is InChI=1S/C32H32N4/c1-4-9-25(10-5-2)27-15-16-32-28(19-27)21-35(17-18-36(32)22-29-20-33-23-34-29)24(3)30-14-8-12-26-11-6-7-13-31(26)30/h4-16,19-20,23H,1,3,17-18,21-22H2,2H3,(H,33,34)/b10-5-,25-9+. The van der Waals surface area contributed by atoms with Gasteiger partial charge in [0.25, 0.3) is 0 Å². The van der Waals surface area contributed by atoms with E-state index in [1.165, 1.54) is 33.2 Å². The first-order valence-electron chi connectivity index (χ1n) is 12.4. The summed E-state index contributed by atoms with van der Waals surface area (Å²) in [5.41, 5.74) is 8.22. The Kier molecular flexibility index (Phi) is 6.85. The second kappa shape index (κ2) is 10.5. The number of nitrogens with zero attached hydrogens (tertiary/aromatic N) is 3. The van der Waals surface area contributed by atoms with Crippen molar-refractivity contribution in [3.63, 3.8) is 0 Å². The molecule has 0 atom stereocenters. The first-order chi connectivity index (χ1) is 17.7. The maximum atomic E-state index is 4.59. The quantitative estimate of drug-likeness (QED) is 0.289. The average Bonchev–Trinajstić information content (AvgIpc) is 3.35. The maximum Gasteiger partial charge on any atom is 0.0922 e. The minimum Gasteiger partial charge on any atom is -0.365 e. The van der Waals surface area contributed by atoms with Crippen molar-refractivity contribution in [1.82, 2.24) is 14.9 Å². The molecule has 0 saturated carbocycles. The molecule has 4 nitrogen and oxygen atoms in total. The lowest BCUT2D eigenvalue weighted by Gasteiger charge is -2.27. The number of fused-ring (bicyclic) bond motifs is 2. The molecule has 0 spiro atoms. The van der Waals surface area contributed by atoms with Crippen LogP contribution in [0.15, 0.2) is 111 Å². The molecule has 180 valence electrons. The number of aromatic amines is 1. The van der Waals surface area contributed by atoms with Gasteiger partial charge in [-0.3, -0.25) is 0 Å². The van der Waals surface area contributed by atoms with E-state index in [4.69, 9.17) is 0 Å². The van der Waals surface area contributed by atoms with E-state index < -0.39 is 0 Å². The van der Waals surface area contributed by atoms with Crippen molar-refractivity contribution in [2.45, 2.75) is 20.0 Å². The van der Waals surface area contributed by atoms with E-state index in [0.717, 1.165) is 43.1 Å². The van der Waals surface area contributed by atoms with Gasteiger partial charge >= 0.3 is 0 Å². The van der Waals surface area contributed by atoms with Crippen LogP contribution < -0.4 is 4.90 Å². The number of H-pyrrole nitrogens is 1. The summed E-state index contributed by atoms with van der Waals surface area (Å²) in [6.07, 6.45) is 11.8. The number of hydrogen-bond donors (Lipinski definition) is 1. The first kappa shape index (κ1) is 23.4. The predicted molar refractivity (Wildman–Crippen MR) is 152 cm³/mol. The van der Waals surface area contributed by atoms with Crippen molar-refractivity contribution in [3.8, 4) is 0 Å². The lowest BCUT2D eigenvalue weighted by molar-refractivity contribution is 0.407. The second-order valence-electron chi connectivity index (χ2n) is 9.09. The third-order valence-corrected chi connectivity index (χ3v) is 6.80. The van der Waals surface area contributed by atoms with Crippen LogP contribution in [0.3, 0.4) is 0 Å². The van der Waals surface area contributed by atoms with Crippen LogP contribution in [0.5, 0.6) is 0 Å². The predicted octanol–water partition coefficient (Wildman–Crippen LogP) is 7.20. The molecule has 1 aliphatic rings. The van der Waals surface area contributed by atoms with Crippen LogP contribution in [0.1, 0.15) is 29.3 Å². The Balaban J connectivity index is 1.55. The molecule has 1 N–H and O–H groups in total. The monoisotopic (exact) mass is 472 g/mol. The Labute approximate surface area is 213 Å². The summed E-state index contributed by atoms with van der Waals surface area (Å²) in [4.78, 5) is 12.4. The van der Waals surface area contributed by atoms with E-state index >= 15 is 0 Å². The van der Waals surface area contributed by atoms with Gasteiger partial charge in [0.2, 0.25) is 0 Å². The zero-order chi connectivity index (χ0) is 24.9. The molecule has 4 aromatic rings. The van der Waals surface area contributed by atoms with Gasteiger partial charge in [-0.15, -0.1) is 0 Å². The number of allylic oxidation sites excluding steroid dienone is 5. The highest BCUT2D eigenvalue weighted by Gasteiger charge is 2.23. The fourth-order valence-electron chi connectivity index (χ4n) is 5.02. The van der Waals surface area contributed by atoms with Crippen LogP contribution in [0.25, 0.3) is 22.0 Å². The zero-order valence-electron chi connectivity index (χ0n) is 20.8. The van der Waals surface area contributed by atoms with Crippen LogP contribution in [-0.2, 0) is 13.1 Å². The molecule has 0 amide bonds. The summed E-state index contributed by atoms with van der Waals surface area (Å²) in [7, 11) is 0. The molecule has 0 radical (unpaired) electrons.